The lowest BCUT2D eigenvalue weighted by molar-refractivity contribution is -0.135. The number of halogens is 2. The van der Waals surface area contributed by atoms with Gasteiger partial charge in [-0.3, -0.25) is 14.4 Å². The maximum absolute atomic E-state index is 13.2. The third-order valence-corrected chi connectivity index (χ3v) is 5.54. The summed E-state index contributed by atoms with van der Waals surface area (Å²) in [6.45, 7) is -0.243. The molecule has 1 unspecified atom stereocenters. The van der Waals surface area contributed by atoms with Crippen molar-refractivity contribution in [3.8, 4) is 0 Å². The van der Waals surface area contributed by atoms with Crippen molar-refractivity contribution in [2.75, 3.05) is 18.9 Å². The van der Waals surface area contributed by atoms with Gasteiger partial charge in [-0.15, -0.1) is 0 Å². The monoisotopic (exact) mass is 483 g/mol. The molecular weight excluding hydrogens is 461 g/mol. The normalized spacial score (nSPS) is 11.4. The summed E-state index contributed by atoms with van der Waals surface area (Å²) in [6, 6.07) is 22.0. The number of likely N-dealkylation sites (N-methyl/N-ethyl adjacent to an activating group) is 1. The van der Waals surface area contributed by atoms with Crippen LogP contribution in [0.4, 0.5) is 5.69 Å². The van der Waals surface area contributed by atoms with Crippen molar-refractivity contribution in [3.05, 3.63) is 100 Å². The fourth-order valence-corrected chi connectivity index (χ4v) is 3.73. The van der Waals surface area contributed by atoms with Crippen LogP contribution in [0.3, 0.4) is 0 Å². The first-order valence-electron chi connectivity index (χ1n) is 10.2. The highest BCUT2D eigenvalue weighted by molar-refractivity contribution is 6.39. The van der Waals surface area contributed by atoms with Crippen LogP contribution in [0.15, 0.2) is 78.9 Å². The molecule has 0 aromatic heterocycles. The Bertz CT molecular complexity index is 1100. The summed E-state index contributed by atoms with van der Waals surface area (Å²) in [7, 11) is 1.50. The van der Waals surface area contributed by atoms with Gasteiger partial charge in [-0.25, -0.2) is 0 Å². The second-order valence-corrected chi connectivity index (χ2v) is 8.24. The topological polar surface area (TPSA) is 78.5 Å². The van der Waals surface area contributed by atoms with Gasteiger partial charge in [0.15, 0.2) is 0 Å². The average Bonchev–Trinajstić information content (AvgIpc) is 2.81. The fraction of sp³-hybridized carbons (Fsp3) is 0.160. The molecule has 0 aliphatic heterocycles. The molecule has 33 heavy (non-hydrogen) atoms. The molecule has 0 aliphatic rings. The fourth-order valence-electron chi connectivity index (χ4n) is 3.24. The molecule has 2 N–H and O–H groups in total. The Morgan fingerprint density at radius 2 is 1.42 bits per heavy atom. The number of amides is 3. The zero-order chi connectivity index (χ0) is 23.8. The summed E-state index contributed by atoms with van der Waals surface area (Å²) in [6.07, 6.45) is 0.278. The molecule has 0 heterocycles. The summed E-state index contributed by atoms with van der Waals surface area (Å²) in [5, 5.41) is 6.02. The van der Waals surface area contributed by atoms with Gasteiger partial charge in [0.05, 0.1) is 22.3 Å². The molecule has 8 heteroatoms. The first-order valence-corrected chi connectivity index (χ1v) is 11.0. The van der Waals surface area contributed by atoms with Crippen LogP contribution in [-0.4, -0.2) is 42.3 Å². The molecule has 0 spiro atoms. The van der Waals surface area contributed by atoms with E-state index < -0.39 is 17.9 Å². The standard InChI is InChI=1S/C25H23Cl2N3O3/c1-30(16-22(31)29-23-19(26)13-8-14-20(23)27)25(33)21(15-17-9-4-2-5-10-17)28-24(32)18-11-6-3-7-12-18/h2-14,21H,15-16H2,1H3,(H,28,32)(H,29,31). The molecule has 0 fully saturated rings. The molecule has 1 atom stereocenters. The lowest BCUT2D eigenvalue weighted by atomic mass is 10.0. The number of benzene rings is 3. The van der Waals surface area contributed by atoms with Crippen molar-refractivity contribution < 1.29 is 14.4 Å². The van der Waals surface area contributed by atoms with E-state index >= 15 is 0 Å². The molecule has 3 aromatic rings. The van der Waals surface area contributed by atoms with Crippen molar-refractivity contribution in [3.63, 3.8) is 0 Å². The molecule has 3 amide bonds. The van der Waals surface area contributed by atoms with E-state index in [1.807, 2.05) is 30.3 Å². The molecule has 3 aromatic carbocycles. The van der Waals surface area contributed by atoms with Crippen molar-refractivity contribution in [1.82, 2.24) is 10.2 Å². The number of hydrogen-bond acceptors (Lipinski definition) is 3. The van der Waals surface area contributed by atoms with E-state index in [9.17, 15) is 14.4 Å². The minimum Gasteiger partial charge on any atom is -0.340 e. The Hall–Kier alpha value is -3.35. The highest BCUT2D eigenvalue weighted by atomic mass is 35.5. The first-order chi connectivity index (χ1) is 15.8. The van der Waals surface area contributed by atoms with E-state index in [2.05, 4.69) is 10.6 Å². The van der Waals surface area contributed by atoms with E-state index in [1.165, 1.54) is 11.9 Å². The van der Waals surface area contributed by atoms with Crippen LogP contribution in [0.1, 0.15) is 15.9 Å². The van der Waals surface area contributed by atoms with Gasteiger partial charge in [0, 0.05) is 19.0 Å². The predicted molar refractivity (Wildman–Crippen MR) is 131 cm³/mol. The Morgan fingerprint density at radius 1 is 0.848 bits per heavy atom. The van der Waals surface area contributed by atoms with E-state index in [0.29, 0.717) is 15.6 Å². The number of para-hydroxylation sites is 1. The van der Waals surface area contributed by atoms with E-state index in [0.717, 1.165) is 5.56 Å². The smallest absolute Gasteiger partial charge is 0.251 e. The number of carbonyl (C=O) groups is 3. The highest BCUT2D eigenvalue weighted by Gasteiger charge is 2.26. The number of hydrogen-bond donors (Lipinski definition) is 2. The van der Waals surface area contributed by atoms with Gasteiger partial charge in [-0.05, 0) is 29.8 Å². The van der Waals surface area contributed by atoms with Gasteiger partial charge in [0.1, 0.15) is 6.04 Å². The van der Waals surface area contributed by atoms with Crippen molar-refractivity contribution in [1.29, 1.82) is 0 Å². The first kappa shape index (κ1) is 24.3. The largest absolute Gasteiger partial charge is 0.340 e. The van der Waals surface area contributed by atoms with Crippen LogP contribution in [0.2, 0.25) is 10.0 Å². The van der Waals surface area contributed by atoms with E-state index in [4.69, 9.17) is 23.2 Å². The minimum atomic E-state index is -0.859. The van der Waals surface area contributed by atoms with Gasteiger partial charge in [0.25, 0.3) is 5.91 Å². The van der Waals surface area contributed by atoms with Crippen LogP contribution in [0.25, 0.3) is 0 Å². The van der Waals surface area contributed by atoms with Gasteiger partial charge in [-0.2, -0.15) is 0 Å². The van der Waals surface area contributed by atoms with Crippen molar-refractivity contribution in [2.45, 2.75) is 12.5 Å². The SMILES string of the molecule is CN(CC(=O)Nc1c(Cl)cccc1Cl)C(=O)C(Cc1ccccc1)NC(=O)c1ccccc1. The second-order valence-electron chi connectivity index (χ2n) is 7.42. The summed E-state index contributed by atoms with van der Waals surface area (Å²) < 4.78 is 0. The predicted octanol–water partition coefficient (Wildman–Crippen LogP) is 4.43. The van der Waals surface area contributed by atoms with Crippen molar-refractivity contribution >= 4 is 46.6 Å². The van der Waals surface area contributed by atoms with Gasteiger partial charge in [-0.1, -0.05) is 77.8 Å². The lowest BCUT2D eigenvalue weighted by Gasteiger charge is -2.24. The molecule has 0 saturated heterocycles. The van der Waals surface area contributed by atoms with Gasteiger partial charge < -0.3 is 15.5 Å². The third kappa shape index (κ3) is 6.81. The van der Waals surface area contributed by atoms with Gasteiger partial charge in [0.2, 0.25) is 11.8 Å². The molecule has 0 saturated carbocycles. The molecule has 0 bridgehead atoms. The van der Waals surface area contributed by atoms with E-state index in [-0.39, 0.29) is 24.6 Å². The van der Waals surface area contributed by atoms with Gasteiger partial charge >= 0.3 is 0 Å². The van der Waals surface area contributed by atoms with Crippen LogP contribution < -0.4 is 10.6 Å². The van der Waals surface area contributed by atoms with E-state index in [1.54, 1.807) is 48.5 Å². The number of rotatable bonds is 8. The molecule has 170 valence electrons. The minimum absolute atomic E-state index is 0.243. The Labute approximate surface area is 202 Å². The summed E-state index contributed by atoms with van der Waals surface area (Å²) in [5.41, 5.74) is 1.60. The van der Waals surface area contributed by atoms with Crippen LogP contribution in [-0.2, 0) is 16.0 Å². The molecular formula is C25H23Cl2N3O3. The van der Waals surface area contributed by atoms with Crippen LogP contribution in [0.5, 0.6) is 0 Å². The number of carbonyl (C=O) groups excluding carboxylic acids is 3. The second kappa shape index (κ2) is 11.5. The third-order valence-electron chi connectivity index (χ3n) is 4.91. The maximum atomic E-state index is 13.2. The zero-order valence-electron chi connectivity index (χ0n) is 17.9. The Kier molecular flexibility index (Phi) is 8.46. The van der Waals surface area contributed by atoms with Crippen LogP contribution in [0, 0.1) is 0 Å². The zero-order valence-corrected chi connectivity index (χ0v) is 19.4. The number of nitrogens with one attached hydrogen (secondary N) is 2. The maximum Gasteiger partial charge on any atom is 0.251 e. The highest BCUT2D eigenvalue weighted by Crippen LogP contribution is 2.29. The van der Waals surface area contributed by atoms with Crippen LogP contribution >= 0.6 is 23.2 Å². The molecule has 0 radical (unpaired) electrons. The quantitative estimate of drug-likeness (QED) is 0.497. The summed E-state index contributed by atoms with van der Waals surface area (Å²) in [5.74, 6) is -1.23. The van der Waals surface area contributed by atoms with Crippen molar-refractivity contribution in [2.24, 2.45) is 0 Å². The molecule has 6 nitrogen and oxygen atoms in total. The lowest BCUT2D eigenvalue weighted by Crippen LogP contribution is -2.50. The summed E-state index contributed by atoms with van der Waals surface area (Å²) >= 11 is 12.2. The Morgan fingerprint density at radius 3 is 2.03 bits per heavy atom. The number of anilines is 1. The molecule has 3 rings (SSSR count). The summed E-state index contributed by atoms with van der Waals surface area (Å²) in [4.78, 5) is 39.7. The number of nitrogens with zero attached hydrogens (tertiary/aromatic N) is 1. The average molecular weight is 484 g/mol. The molecule has 0 aliphatic carbocycles. The Balaban J connectivity index is 1.72.